The lowest BCUT2D eigenvalue weighted by Gasteiger charge is -2.40. The fourth-order valence-corrected chi connectivity index (χ4v) is 3.82. The average Bonchev–Trinajstić information content (AvgIpc) is 2.91. The molecule has 1 aliphatic heterocycles. The molecule has 0 atom stereocenters. The summed E-state index contributed by atoms with van der Waals surface area (Å²) in [6.45, 7) is 8.59. The largest absolute Gasteiger partial charge is 0.336 e. The first-order chi connectivity index (χ1) is 11.8. The van der Waals surface area contributed by atoms with E-state index >= 15 is 0 Å². The smallest absolute Gasteiger partial charge is 0.320 e. The van der Waals surface area contributed by atoms with E-state index in [0.717, 1.165) is 18.8 Å². The van der Waals surface area contributed by atoms with Gasteiger partial charge >= 0.3 is 6.03 Å². The highest BCUT2D eigenvalue weighted by Crippen LogP contribution is 2.16. The molecule has 0 spiro atoms. The number of anilines is 1. The average molecular weight is 366 g/mol. The topological polar surface area (TPSA) is 103 Å². The Balaban J connectivity index is 1.84. The number of rotatable bonds is 6. The van der Waals surface area contributed by atoms with E-state index in [1.165, 1.54) is 0 Å². The lowest BCUT2D eigenvalue weighted by atomic mass is 10.0. The third kappa shape index (κ3) is 5.54. The van der Waals surface area contributed by atoms with E-state index in [4.69, 9.17) is 5.26 Å². The van der Waals surface area contributed by atoms with Crippen molar-refractivity contribution in [2.75, 3.05) is 36.5 Å². The molecule has 0 radical (unpaired) electrons. The quantitative estimate of drug-likeness (QED) is 0.784. The van der Waals surface area contributed by atoms with Crippen LogP contribution in [-0.4, -0.2) is 61.6 Å². The number of amides is 2. The zero-order chi connectivity index (χ0) is 18.4. The maximum atomic E-state index is 12.1. The number of hydrogen-bond acceptors (Lipinski definition) is 5. The molecule has 2 heterocycles. The Morgan fingerprint density at radius 1 is 1.44 bits per heavy atom. The summed E-state index contributed by atoms with van der Waals surface area (Å²) in [5, 5.41) is 18.5. The fourth-order valence-electron chi connectivity index (χ4n) is 2.77. The van der Waals surface area contributed by atoms with Crippen molar-refractivity contribution in [1.82, 2.24) is 20.0 Å². The van der Waals surface area contributed by atoms with Crippen molar-refractivity contribution in [3.63, 3.8) is 0 Å². The SMILES string of the molecule is Cc1cc(NC(=O)NCC(C)(C)N2CCS(=O)CC2)nn1CCC#N. The van der Waals surface area contributed by atoms with Crippen LogP contribution in [0, 0.1) is 18.3 Å². The van der Waals surface area contributed by atoms with Gasteiger partial charge in [0.05, 0.1) is 19.0 Å². The number of aromatic nitrogens is 2. The number of urea groups is 1. The zero-order valence-corrected chi connectivity index (χ0v) is 15.9. The minimum absolute atomic E-state index is 0.204. The predicted octanol–water partition coefficient (Wildman–Crippen LogP) is 1.07. The highest BCUT2D eigenvalue weighted by atomic mass is 32.2. The number of carbonyl (C=O) groups is 1. The third-order valence-electron chi connectivity index (χ3n) is 4.37. The van der Waals surface area contributed by atoms with Gasteiger partial charge in [-0.1, -0.05) is 0 Å². The van der Waals surface area contributed by atoms with Crippen molar-refractivity contribution in [1.29, 1.82) is 5.26 Å². The van der Waals surface area contributed by atoms with Gasteiger partial charge in [-0.3, -0.25) is 19.1 Å². The maximum Gasteiger partial charge on any atom is 0.320 e. The number of aryl methyl sites for hydroxylation is 2. The van der Waals surface area contributed by atoms with E-state index in [1.54, 1.807) is 10.7 Å². The normalized spacial score (nSPS) is 16.4. The molecule has 8 nitrogen and oxygen atoms in total. The second-order valence-electron chi connectivity index (χ2n) is 6.76. The minimum atomic E-state index is -0.710. The van der Waals surface area contributed by atoms with Crippen LogP contribution in [0.25, 0.3) is 0 Å². The number of hydrogen-bond donors (Lipinski definition) is 2. The van der Waals surface area contributed by atoms with Crippen molar-refractivity contribution < 1.29 is 9.00 Å². The molecular formula is C16H26N6O2S. The van der Waals surface area contributed by atoms with Crippen molar-refractivity contribution in [3.05, 3.63) is 11.8 Å². The van der Waals surface area contributed by atoms with E-state index in [1.807, 2.05) is 6.92 Å². The molecule has 0 saturated carbocycles. The molecule has 1 saturated heterocycles. The molecule has 0 aromatic carbocycles. The lowest BCUT2D eigenvalue weighted by Crippen LogP contribution is -2.56. The first kappa shape index (κ1) is 19.4. The molecular weight excluding hydrogens is 340 g/mol. The Labute approximate surface area is 151 Å². The molecule has 138 valence electrons. The first-order valence-corrected chi connectivity index (χ1v) is 9.87. The highest BCUT2D eigenvalue weighted by molar-refractivity contribution is 7.85. The van der Waals surface area contributed by atoms with Gasteiger partial charge in [0.2, 0.25) is 0 Å². The Bertz CT molecular complexity index is 669. The third-order valence-corrected chi connectivity index (χ3v) is 5.65. The molecule has 0 aliphatic carbocycles. The van der Waals surface area contributed by atoms with Crippen molar-refractivity contribution >= 4 is 22.6 Å². The van der Waals surface area contributed by atoms with Gasteiger partial charge in [0.1, 0.15) is 0 Å². The van der Waals surface area contributed by atoms with Gasteiger partial charge in [-0.15, -0.1) is 0 Å². The number of nitrogens with one attached hydrogen (secondary N) is 2. The van der Waals surface area contributed by atoms with Gasteiger partial charge in [-0.25, -0.2) is 4.79 Å². The van der Waals surface area contributed by atoms with Crippen LogP contribution >= 0.6 is 0 Å². The standard InChI is InChI=1S/C16H26N6O2S/c1-13-11-14(20-22(13)6-4-5-17)19-15(23)18-12-16(2,3)21-7-9-25(24)10-8-21/h11H,4,6-10,12H2,1-3H3,(H2,18,19,20,23). The molecule has 1 aromatic rings. The zero-order valence-electron chi connectivity index (χ0n) is 15.0. The molecule has 1 aromatic heterocycles. The van der Waals surface area contributed by atoms with Crippen LogP contribution < -0.4 is 10.6 Å². The summed E-state index contributed by atoms with van der Waals surface area (Å²) in [5.41, 5.74) is 0.691. The lowest BCUT2D eigenvalue weighted by molar-refractivity contribution is 0.133. The molecule has 1 fully saturated rings. The highest BCUT2D eigenvalue weighted by Gasteiger charge is 2.30. The van der Waals surface area contributed by atoms with E-state index in [-0.39, 0.29) is 11.6 Å². The van der Waals surface area contributed by atoms with Crippen LogP contribution in [-0.2, 0) is 17.3 Å². The number of nitrogens with zero attached hydrogens (tertiary/aromatic N) is 4. The van der Waals surface area contributed by atoms with E-state index in [2.05, 4.69) is 40.5 Å². The summed E-state index contributed by atoms with van der Waals surface area (Å²) < 4.78 is 13.2. The minimum Gasteiger partial charge on any atom is -0.336 e. The van der Waals surface area contributed by atoms with Crippen LogP contribution in [0.1, 0.15) is 26.0 Å². The molecule has 2 rings (SSSR count). The summed E-state index contributed by atoms with van der Waals surface area (Å²) in [5.74, 6) is 1.85. The summed E-state index contributed by atoms with van der Waals surface area (Å²) in [7, 11) is -0.710. The van der Waals surface area contributed by atoms with Gasteiger partial charge in [-0.2, -0.15) is 10.4 Å². The summed E-state index contributed by atoms with van der Waals surface area (Å²) in [4.78, 5) is 14.4. The van der Waals surface area contributed by atoms with Crippen LogP contribution in [0.3, 0.4) is 0 Å². The van der Waals surface area contributed by atoms with E-state index < -0.39 is 10.8 Å². The fraction of sp³-hybridized carbons (Fsp3) is 0.688. The van der Waals surface area contributed by atoms with Gasteiger partial charge in [0, 0.05) is 59.2 Å². The summed E-state index contributed by atoms with van der Waals surface area (Å²) in [6, 6.07) is 3.55. The Hall–Kier alpha value is -1.92. The van der Waals surface area contributed by atoms with Crippen molar-refractivity contribution in [2.45, 2.75) is 39.3 Å². The Morgan fingerprint density at radius 3 is 2.76 bits per heavy atom. The molecule has 1 aliphatic rings. The Kier molecular flexibility index (Phi) is 6.56. The van der Waals surface area contributed by atoms with E-state index in [0.29, 0.717) is 36.8 Å². The predicted molar refractivity (Wildman–Crippen MR) is 97.7 cm³/mol. The maximum absolute atomic E-state index is 12.1. The molecule has 0 bridgehead atoms. The van der Waals surface area contributed by atoms with Crippen LogP contribution in [0.4, 0.5) is 10.6 Å². The van der Waals surface area contributed by atoms with Gasteiger partial charge in [0.15, 0.2) is 5.82 Å². The Morgan fingerprint density at radius 2 is 2.12 bits per heavy atom. The summed E-state index contributed by atoms with van der Waals surface area (Å²) in [6.07, 6.45) is 0.378. The molecule has 25 heavy (non-hydrogen) atoms. The second kappa shape index (κ2) is 8.45. The first-order valence-electron chi connectivity index (χ1n) is 8.38. The number of carbonyl (C=O) groups excluding carboxylic acids is 1. The molecule has 9 heteroatoms. The van der Waals surface area contributed by atoms with E-state index in [9.17, 15) is 9.00 Å². The van der Waals surface area contributed by atoms with Crippen molar-refractivity contribution in [2.24, 2.45) is 0 Å². The monoisotopic (exact) mass is 366 g/mol. The van der Waals surface area contributed by atoms with Crippen LogP contribution in [0.5, 0.6) is 0 Å². The van der Waals surface area contributed by atoms with Crippen LogP contribution in [0.2, 0.25) is 0 Å². The molecule has 2 amide bonds. The van der Waals surface area contributed by atoms with Gasteiger partial charge in [0.25, 0.3) is 0 Å². The van der Waals surface area contributed by atoms with Crippen LogP contribution in [0.15, 0.2) is 6.07 Å². The second-order valence-corrected chi connectivity index (χ2v) is 8.45. The molecule has 0 unspecified atom stereocenters. The van der Waals surface area contributed by atoms with Crippen molar-refractivity contribution in [3.8, 4) is 6.07 Å². The number of nitriles is 1. The van der Waals surface area contributed by atoms with Gasteiger partial charge < -0.3 is 5.32 Å². The molecule has 2 N–H and O–H groups in total. The van der Waals surface area contributed by atoms with Gasteiger partial charge in [-0.05, 0) is 20.8 Å². The summed E-state index contributed by atoms with van der Waals surface area (Å²) >= 11 is 0.